The Morgan fingerprint density at radius 3 is 1.61 bits per heavy atom. The minimum absolute atomic E-state index is 0.955. The number of hydrogen-bond acceptors (Lipinski definition) is 3. The lowest BCUT2D eigenvalue weighted by atomic mass is 10.2. The summed E-state index contributed by atoms with van der Waals surface area (Å²) in [4.78, 5) is 2.37. The van der Waals surface area contributed by atoms with Crippen LogP contribution in [0.5, 0.6) is 11.5 Å². The Kier molecular flexibility index (Phi) is 3.78. The fourth-order valence-electron chi connectivity index (χ4n) is 2.38. The highest BCUT2D eigenvalue weighted by molar-refractivity contribution is 7.99. The smallest absolute Gasteiger partial charge is 0.141 e. The molecule has 0 amide bonds. The molecule has 0 spiro atoms. The first kappa shape index (κ1) is 14.0. The van der Waals surface area contributed by atoms with Crippen LogP contribution in [0.15, 0.2) is 99.5 Å². The minimum atomic E-state index is 0.955. The second kappa shape index (κ2) is 6.23. The zero-order valence-electron chi connectivity index (χ0n) is 12.3. The van der Waals surface area contributed by atoms with Crippen LogP contribution in [-0.4, -0.2) is 0 Å². The third kappa shape index (κ3) is 2.96. The second-order valence-corrected chi connectivity index (χ2v) is 6.18. The predicted molar refractivity (Wildman–Crippen MR) is 93.3 cm³/mol. The van der Waals surface area contributed by atoms with Gasteiger partial charge < -0.3 is 9.15 Å². The molecule has 0 atom stereocenters. The van der Waals surface area contributed by atoms with E-state index in [0.29, 0.717) is 0 Å². The van der Waals surface area contributed by atoms with E-state index in [2.05, 4.69) is 12.1 Å². The Morgan fingerprint density at radius 1 is 0.565 bits per heavy atom. The maximum atomic E-state index is 5.76. The van der Waals surface area contributed by atoms with Crippen LogP contribution in [0, 0.1) is 0 Å². The van der Waals surface area contributed by atoms with E-state index in [1.165, 1.54) is 9.79 Å². The van der Waals surface area contributed by atoms with E-state index in [-0.39, 0.29) is 0 Å². The predicted octanol–water partition coefficient (Wildman–Crippen LogP) is 6.38. The molecule has 0 unspecified atom stereocenters. The van der Waals surface area contributed by atoms with Gasteiger partial charge >= 0.3 is 0 Å². The molecular weight excluding hydrogens is 304 g/mol. The molecule has 23 heavy (non-hydrogen) atoms. The largest absolute Gasteiger partial charge is 0.471 e. The van der Waals surface area contributed by atoms with Crippen molar-refractivity contribution in [3.05, 3.63) is 85.3 Å². The lowest BCUT2D eigenvalue weighted by molar-refractivity contribution is 0.454. The van der Waals surface area contributed by atoms with E-state index in [1.807, 2.05) is 60.7 Å². The number of para-hydroxylation sites is 2. The van der Waals surface area contributed by atoms with Crippen LogP contribution in [0.3, 0.4) is 0 Å². The van der Waals surface area contributed by atoms with Crippen LogP contribution in [0.2, 0.25) is 0 Å². The van der Waals surface area contributed by atoms with E-state index in [0.717, 1.165) is 22.3 Å². The van der Waals surface area contributed by atoms with Crippen molar-refractivity contribution < 1.29 is 9.15 Å². The van der Waals surface area contributed by atoms with Crippen LogP contribution in [0.4, 0.5) is 0 Å². The molecule has 4 aromatic rings. The lowest BCUT2D eigenvalue weighted by Gasteiger charge is -2.18. The highest BCUT2D eigenvalue weighted by Gasteiger charge is 2.15. The Morgan fingerprint density at radius 2 is 1.04 bits per heavy atom. The van der Waals surface area contributed by atoms with Gasteiger partial charge in [0.15, 0.2) is 0 Å². The van der Waals surface area contributed by atoms with E-state index in [4.69, 9.17) is 9.15 Å². The average Bonchev–Trinajstić information content (AvgIpc) is 3.09. The Bertz CT molecular complexity index is 825. The van der Waals surface area contributed by atoms with Gasteiger partial charge in [-0.25, -0.2) is 0 Å². The van der Waals surface area contributed by atoms with Gasteiger partial charge in [-0.3, -0.25) is 0 Å². The molecule has 112 valence electrons. The molecule has 1 aliphatic heterocycles. The monoisotopic (exact) mass is 318 g/mol. The van der Waals surface area contributed by atoms with Gasteiger partial charge in [0.2, 0.25) is 0 Å². The van der Waals surface area contributed by atoms with E-state index in [1.54, 1.807) is 24.3 Å². The zero-order valence-corrected chi connectivity index (χ0v) is 13.1. The number of furan rings is 1. The second-order valence-electron chi connectivity index (χ2n) is 5.10. The first-order valence-corrected chi connectivity index (χ1v) is 8.16. The molecule has 0 aliphatic carbocycles. The van der Waals surface area contributed by atoms with Crippen molar-refractivity contribution in [3.63, 3.8) is 0 Å². The summed E-state index contributed by atoms with van der Waals surface area (Å²) in [6.07, 6.45) is 3.49. The Hall–Kier alpha value is -2.65. The van der Waals surface area contributed by atoms with Crippen molar-refractivity contribution in [2.45, 2.75) is 9.79 Å². The van der Waals surface area contributed by atoms with Crippen molar-refractivity contribution in [2.75, 3.05) is 0 Å². The zero-order chi connectivity index (χ0) is 15.5. The quantitative estimate of drug-likeness (QED) is 0.331. The van der Waals surface area contributed by atoms with Gasteiger partial charge in [-0.1, -0.05) is 60.3 Å². The molecule has 0 fully saturated rings. The van der Waals surface area contributed by atoms with Gasteiger partial charge in [-0.05, 0) is 24.3 Å². The fourth-order valence-corrected chi connectivity index (χ4v) is 3.33. The molecule has 0 saturated carbocycles. The number of hydrogen-bond donors (Lipinski definition) is 0. The molecular formula is C20H14O2S. The van der Waals surface area contributed by atoms with Gasteiger partial charge in [-0.15, -0.1) is 0 Å². The SMILES string of the molecule is c1ccc2c(c1)Oc1ccccc1S2.c1ccc2cocc2c1. The highest BCUT2D eigenvalue weighted by Crippen LogP contribution is 2.46. The maximum absolute atomic E-state index is 5.76. The molecule has 2 heterocycles. The van der Waals surface area contributed by atoms with Crippen molar-refractivity contribution in [1.29, 1.82) is 0 Å². The third-order valence-electron chi connectivity index (χ3n) is 3.52. The average molecular weight is 318 g/mol. The Balaban J connectivity index is 0.000000130. The maximum Gasteiger partial charge on any atom is 0.141 e. The number of benzene rings is 3. The van der Waals surface area contributed by atoms with Crippen molar-refractivity contribution in [3.8, 4) is 11.5 Å². The molecule has 3 aromatic carbocycles. The molecule has 5 rings (SSSR count). The lowest BCUT2D eigenvalue weighted by Crippen LogP contribution is -1.93. The summed E-state index contributed by atoms with van der Waals surface area (Å²) in [5.41, 5.74) is 0. The normalized spacial score (nSPS) is 11.7. The van der Waals surface area contributed by atoms with Gasteiger partial charge in [-0.2, -0.15) is 0 Å². The minimum Gasteiger partial charge on any atom is -0.471 e. The molecule has 0 bridgehead atoms. The van der Waals surface area contributed by atoms with E-state index in [9.17, 15) is 0 Å². The van der Waals surface area contributed by atoms with Gasteiger partial charge in [0.05, 0.1) is 22.3 Å². The molecule has 0 saturated heterocycles. The third-order valence-corrected chi connectivity index (χ3v) is 4.64. The topological polar surface area (TPSA) is 22.4 Å². The molecule has 1 aromatic heterocycles. The van der Waals surface area contributed by atoms with Gasteiger partial charge in [0, 0.05) is 10.8 Å². The van der Waals surface area contributed by atoms with Crippen molar-refractivity contribution in [2.24, 2.45) is 0 Å². The van der Waals surface area contributed by atoms with Gasteiger partial charge in [0.1, 0.15) is 11.5 Å². The fraction of sp³-hybridized carbons (Fsp3) is 0. The molecule has 0 radical (unpaired) electrons. The van der Waals surface area contributed by atoms with Gasteiger partial charge in [0.25, 0.3) is 0 Å². The van der Waals surface area contributed by atoms with Crippen molar-refractivity contribution in [1.82, 2.24) is 0 Å². The first-order chi connectivity index (χ1) is 11.4. The summed E-state index contributed by atoms with van der Waals surface area (Å²) in [7, 11) is 0. The van der Waals surface area contributed by atoms with Crippen LogP contribution < -0.4 is 4.74 Å². The summed E-state index contributed by atoms with van der Waals surface area (Å²) in [5, 5.41) is 2.33. The number of rotatable bonds is 0. The Labute approximate surface area is 138 Å². The summed E-state index contributed by atoms with van der Waals surface area (Å²) >= 11 is 1.76. The summed E-state index contributed by atoms with van der Waals surface area (Å²) in [6.45, 7) is 0. The standard InChI is InChI=1S/C12H8OS.C8H6O/c1-3-7-11-9(5-1)13-10-6-2-4-8-12(10)14-11;1-2-4-8-6-9-5-7(8)3-1/h1-8H;1-6H. The highest BCUT2D eigenvalue weighted by atomic mass is 32.2. The van der Waals surface area contributed by atoms with Crippen LogP contribution in [0.25, 0.3) is 10.8 Å². The summed E-state index contributed by atoms with van der Waals surface area (Å²) in [5.74, 6) is 1.91. The number of fused-ring (bicyclic) bond motifs is 3. The van der Waals surface area contributed by atoms with E-state index >= 15 is 0 Å². The van der Waals surface area contributed by atoms with Crippen molar-refractivity contribution >= 4 is 22.5 Å². The molecule has 0 N–H and O–H groups in total. The number of ether oxygens (including phenoxy) is 1. The van der Waals surface area contributed by atoms with Crippen LogP contribution in [-0.2, 0) is 0 Å². The van der Waals surface area contributed by atoms with E-state index < -0.39 is 0 Å². The molecule has 1 aliphatic rings. The van der Waals surface area contributed by atoms with Crippen LogP contribution in [0.1, 0.15) is 0 Å². The molecule has 3 heteroatoms. The molecule has 2 nitrogen and oxygen atoms in total. The first-order valence-electron chi connectivity index (χ1n) is 7.35. The van der Waals surface area contributed by atoms with Crippen LogP contribution >= 0.6 is 11.8 Å². The summed E-state index contributed by atoms with van der Waals surface area (Å²) < 4.78 is 10.7. The summed E-state index contributed by atoms with van der Waals surface area (Å²) in [6, 6.07) is 24.3.